The molecule has 0 bridgehead atoms. The van der Waals surface area contributed by atoms with Crippen LogP contribution in [0.2, 0.25) is 0 Å². The van der Waals surface area contributed by atoms with Gasteiger partial charge in [0.1, 0.15) is 0 Å². The van der Waals surface area contributed by atoms with Gasteiger partial charge in [-0.3, -0.25) is 4.79 Å². The number of rotatable bonds is 7. The Morgan fingerprint density at radius 1 is 1.37 bits per heavy atom. The van der Waals surface area contributed by atoms with E-state index in [1.54, 1.807) is 7.11 Å². The van der Waals surface area contributed by atoms with E-state index in [0.717, 1.165) is 4.90 Å². The molecule has 0 aromatic heterocycles. The van der Waals surface area contributed by atoms with Crippen LogP contribution in [-0.2, 0) is 4.79 Å². The molecule has 0 saturated carbocycles. The number of hydrogen-bond acceptors (Lipinski definition) is 4. The monoisotopic (exact) mass is 284 g/mol. The fourth-order valence-electron chi connectivity index (χ4n) is 1.71. The summed E-state index contributed by atoms with van der Waals surface area (Å²) in [6.45, 7) is 6.30. The van der Waals surface area contributed by atoms with Gasteiger partial charge >= 0.3 is 5.97 Å². The molecule has 0 atom stereocenters. The van der Waals surface area contributed by atoms with Crippen molar-refractivity contribution in [3.63, 3.8) is 0 Å². The summed E-state index contributed by atoms with van der Waals surface area (Å²) in [6, 6.07) is 5.64. The smallest absolute Gasteiger partial charge is 0.304 e. The Balaban J connectivity index is 2.89. The molecule has 0 unspecified atom stereocenters. The average Bonchev–Trinajstić information content (AvgIpc) is 2.27. The average molecular weight is 284 g/mol. The molecule has 1 rings (SSSR count). The third kappa shape index (κ3) is 5.03. The molecule has 106 valence electrons. The number of hydrogen-bond donors (Lipinski definition) is 1. The van der Waals surface area contributed by atoms with Crippen LogP contribution < -0.4 is 9.47 Å². The maximum Gasteiger partial charge on any atom is 0.304 e. The number of carboxylic acid groups (broad SMARTS) is 1. The highest BCUT2D eigenvalue weighted by Gasteiger charge is 2.23. The summed E-state index contributed by atoms with van der Waals surface area (Å²) in [5, 5.41) is 8.89. The number of benzene rings is 1. The van der Waals surface area contributed by atoms with Crippen molar-refractivity contribution < 1.29 is 19.4 Å². The molecule has 5 heteroatoms. The molecule has 1 N–H and O–H groups in total. The topological polar surface area (TPSA) is 55.8 Å². The second-order valence-corrected chi connectivity index (χ2v) is 6.46. The van der Waals surface area contributed by atoms with Gasteiger partial charge in [-0.05, 0) is 39.0 Å². The summed E-state index contributed by atoms with van der Waals surface area (Å²) in [5.74, 6) is 0.569. The maximum atomic E-state index is 10.8. The summed E-state index contributed by atoms with van der Waals surface area (Å²) >= 11 is 1.52. The van der Waals surface area contributed by atoms with Gasteiger partial charge < -0.3 is 14.6 Å². The molecular weight excluding hydrogens is 264 g/mol. The summed E-state index contributed by atoms with van der Waals surface area (Å²) < 4.78 is 10.4. The second kappa shape index (κ2) is 6.70. The van der Waals surface area contributed by atoms with E-state index in [4.69, 9.17) is 14.6 Å². The number of carboxylic acids is 1. The van der Waals surface area contributed by atoms with E-state index in [1.165, 1.54) is 11.8 Å². The van der Waals surface area contributed by atoms with Gasteiger partial charge in [-0.2, -0.15) is 0 Å². The lowest BCUT2D eigenvalue weighted by atomic mass is 10.1. The van der Waals surface area contributed by atoms with Crippen LogP contribution in [0.3, 0.4) is 0 Å². The van der Waals surface area contributed by atoms with Crippen molar-refractivity contribution in [1.82, 2.24) is 0 Å². The van der Waals surface area contributed by atoms with E-state index in [-0.39, 0.29) is 11.2 Å². The molecule has 0 radical (unpaired) electrons. The Kier molecular flexibility index (Phi) is 5.54. The lowest BCUT2D eigenvalue weighted by Crippen LogP contribution is -2.19. The first-order valence-electron chi connectivity index (χ1n) is 6.09. The molecule has 0 spiro atoms. The van der Waals surface area contributed by atoms with Crippen molar-refractivity contribution in [2.24, 2.45) is 0 Å². The van der Waals surface area contributed by atoms with Gasteiger partial charge in [0.2, 0.25) is 0 Å². The van der Waals surface area contributed by atoms with E-state index >= 15 is 0 Å². The number of thioether (sulfide) groups is 1. The minimum atomic E-state index is -0.795. The van der Waals surface area contributed by atoms with Crippen molar-refractivity contribution in [2.75, 3.05) is 13.7 Å². The van der Waals surface area contributed by atoms with Gasteiger partial charge in [-0.25, -0.2) is 0 Å². The lowest BCUT2D eigenvalue weighted by molar-refractivity contribution is -0.137. The Morgan fingerprint density at radius 3 is 2.58 bits per heavy atom. The fraction of sp³-hybridized carbons (Fsp3) is 0.500. The Labute approximate surface area is 118 Å². The quantitative estimate of drug-likeness (QED) is 0.777. The van der Waals surface area contributed by atoms with E-state index < -0.39 is 5.97 Å². The highest BCUT2D eigenvalue weighted by atomic mass is 32.2. The van der Waals surface area contributed by atoms with Crippen molar-refractivity contribution in [2.45, 2.75) is 36.8 Å². The summed E-state index contributed by atoms with van der Waals surface area (Å²) in [5.41, 5.74) is 0. The van der Waals surface area contributed by atoms with Gasteiger partial charge in [0.25, 0.3) is 0 Å². The summed E-state index contributed by atoms with van der Waals surface area (Å²) in [6.07, 6.45) is 0.105. The van der Waals surface area contributed by atoms with Crippen molar-refractivity contribution in [3.8, 4) is 11.5 Å². The third-order valence-corrected chi connectivity index (χ3v) is 3.59. The molecule has 0 heterocycles. The molecule has 1 aromatic rings. The number of aliphatic carboxylic acids is 1. The zero-order valence-corrected chi connectivity index (χ0v) is 12.5. The number of ether oxygens (including phenoxy) is 2. The molecule has 0 fully saturated rings. The van der Waals surface area contributed by atoms with Crippen molar-refractivity contribution in [1.29, 1.82) is 0 Å². The van der Waals surface area contributed by atoms with Gasteiger partial charge in [-0.1, -0.05) is 0 Å². The summed E-state index contributed by atoms with van der Waals surface area (Å²) in [4.78, 5) is 11.8. The van der Waals surface area contributed by atoms with Crippen LogP contribution in [0.1, 0.15) is 27.2 Å². The van der Waals surface area contributed by atoms with Gasteiger partial charge in [-0.15, -0.1) is 11.8 Å². The van der Waals surface area contributed by atoms with Crippen LogP contribution in [0.15, 0.2) is 23.1 Å². The van der Waals surface area contributed by atoms with Crippen molar-refractivity contribution in [3.05, 3.63) is 18.2 Å². The highest BCUT2D eigenvalue weighted by Crippen LogP contribution is 2.39. The minimum absolute atomic E-state index is 0.105. The largest absolute Gasteiger partial charge is 0.493 e. The van der Waals surface area contributed by atoms with Crippen LogP contribution in [0.5, 0.6) is 11.5 Å². The lowest BCUT2D eigenvalue weighted by Gasteiger charge is -2.22. The second-order valence-electron chi connectivity index (χ2n) is 4.68. The first-order chi connectivity index (χ1) is 8.88. The third-order valence-electron chi connectivity index (χ3n) is 2.41. The van der Waals surface area contributed by atoms with Crippen LogP contribution in [0.25, 0.3) is 0 Å². The Morgan fingerprint density at radius 2 is 2.05 bits per heavy atom. The highest BCUT2D eigenvalue weighted by molar-refractivity contribution is 8.00. The Hall–Kier alpha value is -1.36. The first-order valence-corrected chi connectivity index (χ1v) is 6.91. The van der Waals surface area contributed by atoms with Crippen LogP contribution in [0, 0.1) is 0 Å². The van der Waals surface area contributed by atoms with E-state index in [2.05, 4.69) is 0 Å². The van der Waals surface area contributed by atoms with E-state index in [0.29, 0.717) is 18.1 Å². The maximum absolute atomic E-state index is 10.8. The van der Waals surface area contributed by atoms with Crippen LogP contribution >= 0.6 is 11.8 Å². The molecule has 0 aliphatic rings. The molecule has 1 aromatic carbocycles. The minimum Gasteiger partial charge on any atom is -0.493 e. The predicted octanol–water partition coefficient (Wildman–Crippen LogP) is 3.44. The van der Waals surface area contributed by atoms with Crippen LogP contribution in [0.4, 0.5) is 0 Å². The first kappa shape index (κ1) is 15.7. The van der Waals surface area contributed by atoms with E-state index in [1.807, 2.05) is 39.0 Å². The SMILES string of the molecule is CCOc1cc(SC(C)(C)CC(=O)O)ccc1OC. The fourth-order valence-corrected chi connectivity index (χ4v) is 2.84. The van der Waals surface area contributed by atoms with Gasteiger partial charge in [0.05, 0.1) is 20.1 Å². The number of carbonyl (C=O) groups is 1. The predicted molar refractivity (Wildman–Crippen MR) is 76.4 cm³/mol. The molecule has 4 nitrogen and oxygen atoms in total. The molecular formula is C14H20O4S. The van der Waals surface area contributed by atoms with Gasteiger partial charge in [0, 0.05) is 9.64 Å². The number of methoxy groups -OCH3 is 1. The molecule has 0 aliphatic heterocycles. The normalized spacial score (nSPS) is 11.2. The zero-order chi connectivity index (χ0) is 14.5. The molecule has 0 amide bonds. The van der Waals surface area contributed by atoms with Crippen LogP contribution in [-0.4, -0.2) is 29.5 Å². The molecule has 0 saturated heterocycles. The zero-order valence-electron chi connectivity index (χ0n) is 11.7. The standard InChI is InChI=1S/C14H20O4S/c1-5-18-12-8-10(6-7-11(12)17-4)19-14(2,3)9-13(15)16/h6-8H,5,9H2,1-4H3,(H,15,16). The Bertz CT molecular complexity index is 443. The van der Waals surface area contributed by atoms with Gasteiger partial charge in [0.15, 0.2) is 11.5 Å². The molecule has 0 aliphatic carbocycles. The van der Waals surface area contributed by atoms with E-state index in [9.17, 15) is 4.79 Å². The van der Waals surface area contributed by atoms with Crippen molar-refractivity contribution >= 4 is 17.7 Å². The summed E-state index contributed by atoms with van der Waals surface area (Å²) in [7, 11) is 1.60. The molecule has 19 heavy (non-hydrogen) atoms.